The second-order valence-corrected chi connectivity index (χ2v) is 22.9. The molecule has 78 heavy (non-hydrogen) atoms. The number of aliphatic hydroxyl groups is 5. The number of ether oxygens (including phenoxy) is 12. The number of hydrogen-bond acceptors (Lipinski definition) is 22. The van der Waals surface area contributed by atoms with Crippen molar-refractivity contribution in [2.75, 3.05) is 7.11 Å². The molecule has 7 N–H and O–H groups in total. The zero-order valence-electron chi connectivity index (χ0n) is 46.6. The number of fused-ring (bicyclic) bond motifs is 2. The number of carbonyl (C=O) groups is 3. The fourth-order valence-electron chi connectivity index (χ4n) is 12.0. The first-order valence-electron chi connectivity index (χ1n) is 27.4. The number of aliphatic hydroxyl groups excluding tert-OH is 4. The standard InChI is InChI=1S/C56H82O22/c1-22-13-34(58)17-40(68-22)75-37-18-41(70-26(5)23(37)2)74-36-16-33-14-32-15-35(54(67-12)53(65)50(62)30(9)69-31(10)57)55(52(64)46(32)51(63)45(33)47(59)24(36)3)78-43-20-38(48(60)29(8)73-43)76-42-19-39(49(61)28(7)72-42)77-44-21-56(11,66)25(4)27(6)71-44/h14,16,22-23,25-30,34-35,37-44,48-50,54-55,58-63,66H,13,15,17-21H2,1-12H3/t22?,23-,25-,26?,27?,28?,29?,30+,34-,35-,37+,38+,39+,40+,41-,42-,43-,44-,48+,49+,50-,54-,55-,56+/m0/s1. The van der Waals surface area contributed by atoms with Gasteiger partial charge in [0.1, 0.15) is 47.8 Å². The molecule has 5 saturated heterocycles. The van der Waals surface area contributed by atoms with E-state index < -0.39 is 133 Å². The third-order valence-corrected chi connectivity index (χ3v) is 17.1. The highest BCUT2D eigenvalue weighted by Crippen LogP contribution is 2.48. The molecule has 0 spiro atoms. The number of aromatic hydroxyl groups is 2. The van der Waals surface area contributed by atoms with Crippen LogP contribution in [0.25, 0.3) is 10.8 Å². The summed E-state index contributed by atoms with van der Waals surface area (Å²) in [6.45, 7) is 18.5. The van der Waals surface area contributed by atoms with Gasteiger partial charge in [-0.2, -0.15) is 0 Å². The van der Waals surface area contributed by atoms with E-state index in [1.807, 2.05) is 34.6 Å². The Kier molecular flexibility index (Phi) is 18.9. The maximum absolute atomic E-state index is 15.2. The Morgan fingerprint density at radius 1 is 0.731 bits per heavy atom. The zero-order chi connectivity index (χ0) is 57.0. The van der Waals surface area contributed by atoms with E-state index in [-0.39, 0.29) is 107 Å². The molecule has 0 aromatic heterocycles. The topological polar surface area (TPSA) is 304 Å². The summed E-state index contributed by atoms with van der Waals surface area (Å²) < 4.78 is 73.5. The predicted octanol–water partition coefficient (Wildman–Crippen LogP) is 3.90. The number of benzene rings is 2. The van der Waals surface area contributed by atoms with Gasteiger partial charge in [0.25, 0.3) is 0 Å². The lowest BCUT2D eigenvalue weighted by Gasteiger charge is -2.46. The van der Waals surface area contributed by atoms with Crippen LogP contribution in [0.4, 0.5) is 0 Å². The molecule has 0 saturated carbocycles. The number of esters is 1. The Balaban J connectivity index is 1.06. The summed E-state index contributed by atoms with van der Waals surface area (Å²) in [6, 6.07) is 3.18. The maximum atomic E-state index is 15.2. The molecule has 22 nitrogen and oxygen atoms in total. The van der Waals surface area contributed by atoms with Crippen LogP contribution in [0.5, 0.6) is 17.2 Å². The molecule has 0 amide bonds. The van der Waals surface area contributed by atoms with Crippen LogP contribution in [0.3, 0.4) is 0 Å². The monoisotopic (exact) mass is 1110 g/mol. The minimum absolute atomic E-state index is 0.00462. The van der Waals surface area contributed by atoms with Crippen LogP contribution in [0.2, 0.25) is 0 Å². The van der Waals surface area contributed by atoms with E-state index >= 15 is 4.79 Å². The van der Waals surface area contributed by atoms with Crippen LogP contribution < -0.4 is 4.74 Å². The van der Waals surface area contributed by atoms with Gasteiger partial charge in [0.2, 0.25) is 6.29 Å². The number of Topliss-reactive ketones (excluding diaryl/α,β-unsaturated/α-hetero) is 2. The molecule has 0 radical (unpaired) electrons. The predicted molar refractivity (Wildman–Crippen MR) is 273 cm³/mol. The molecule has 8 rings (SSSR count). The van der Waals surface area contributed by atoms with E-state index in [9.17, 15) is 45.3 Å². The highest BCUT2D eigenvalue weighted by Gasteiger charge is 2.51. The summed E-state index contributed by atoms with van der Waals surface area (Å²) in [5, 5.41) is 79.6. The summed E-state index contributed by atoms with van der Waals surface area (Å²) in [7, 11) is 1.21. The van der Waals surface area contributed by atoms with Crippen molar-refractivity contribution in [3.63, 3.8) is 0 Å². The third kappa shape index (κ3) is 12.8. The van der Waals surface area contributed by atoms with E-state index in [2.05, 4.69) is 0 Å². The fraction of sp³-hybridized carbons (Fsp3) is 0.768. The minimum atomic E-state index is -1.91. The van der Waals surface area contributed by atoms with Gasteiger partial charge >= 0.3 is 5.97 Å². The number of hydrogen-bond donors (Lipinski definition) is 7. The Hall–Kier alpha value is -3.69. The Bertz CT molecular complexity index is 2440. The summed E-state index contributed by atoms with van der Waals surface area (Å²) in [4.78, 5) is 41.4. The average Bonchev–Trinajstić information content (AvgIpc) is 3.54. The molecule has 5 heterocycles. The van der Waals surface area contributed by atoms with Gasteiger partial charge in [-0.25, -0.2) is 0 Å². The second kappa shape index (κ2) is 24.4. The zero-order valence-corrected chi connectivity index (χ0v) is 46.6. The van der Waals surface area contributed by atoms with Crippen LogP contribution in [0, 0.1) is 24.7 Å². The molecule has 2 aromatic rings. The highest BCUT2D eigenvalue weighted by molar-refractivity contribution is 6.11. The summed E-state index contributed by atoms with van der Waals surface area (Å²) >= 11 is 0. The lowest BCUT2D eigenvalue weighted by atomic mass is 9.75. The Morgan fingerprint density at radius 3 is 1.90 bits per heavy atom. The van der Waals surface area contributed by atoms with Crippen LogP contribution >= 0.6 is 0 Å². The molecule has 24 atom stereocenters. The molecule has 5 fully saturated rings. The van der Waals surface area contributed by atoms with Crippen molar-refractivity contribution < 1.29 is 107 Å². The number of carbonyl (C=O) groups excluding carboxylic acids is 3. The number of rotatable bonds is 16. The van der Waals surface area contributed by atoms with Gasteiger partial charge in [0.15, 0.2) is 42.8 Å². The van der Waals surface area contributed by atoms with Gasteiger partial charge in [-0.1, -0.05) is 13.8 Å². The molecule has 2 aromatic carbocycles. The molecule has 22 heteroatoms. The lowest BCUT2D eigenvalue weighted by Crippen LogP contribution is -2.57. The average molecular weight is 1110 g/mol. The van der Waals surface area contributed by atoms with Gasteiger partial charge in [-0.05, 0) is 91.3 Å². The van der Waals surface area contributed by atoms with Crippen molar-refractivity contribution in [1.82, 2.24) is 0 Å². The van der Waals surface area contributed by atoms with Crippen molar-refractivity contribution in [3.05, 3.63) is 28.8 Å². The van der Waals surface area contributed by atoms with Gasteiger partial charge in [-0.15, -0.1) is 0 Å². The molecule has 1 aliphatic carbocycles. The van der Waals surface area contributed by atoms with Crippen LogP contribution in [0.15, 0.2) is 12.1 Å². The number of phenolic OH excluding ortho intramolecular Hbond substituents is 2. The molecular formula is C56H82O22. The minimum Gasteiger partial charge on any atom is -0.507 e. The van der Waals surface area contributed by atoms with E-state index in [0.29, 0.717) is 12.8 Å². The van der Waals surface area contributed by atoms with Gasteiger partial charge in [0, 0.05) is 69.5 Å². The number of phenols is 2. The van der Waals surface area contributed by atoms with Crippen LogP contribution in [0.1, 0.15) is 129 Å². The van der Waals surface area contributed by atoms with E-state index in [0.717, 1.165) is 6.92 Å². The molecule has 438 valence electrons. The van der Waals surface area contributed by atoms with Crippen molar-refractivity contribution in [2.24, 2.45) is 17.8 Å². The first-order valence-corrected chi connectivity index (χ1v) is 27.4. The van der Waals surface area contributed by atoms with Gasteiger partial charge in [-0.3, -0.25) is 14.4 Å². The Labute approximate surface area is 454 Å². The van der Waals surface area contributed by atoms with Crippen LogP contribution in [-0.2, 0) is 68.1 Å². The number of methoxy groups -OCH3 is 1. The first-order chi connectivity index (χ1) is 36.6. The summed E-state index contributed by atoms with van der Waals surface area (Å²) in [5.41, 5.74) is -0.848. The number of ketones is 2. The smallest absolute Gasteiger partial charge is 0.302 e. The first kappa shape index (κ1) is 60.4. The van der Waals surface area contributed by atoms with Crippen molar-refractivity contribution in [1.29, 1.82) is 0 Å². The van der Waals surface area contributed by atoms with Crippen molar-refractivity contribution >= 4 is 28.3 Å². The maximum Gasteiger partial charge on any atom is 0.302 e. The second-order valence-electron chi connectivity index (χ2n) is 22.9. The molecule has 0 bridgehead atoms. The normalized spacial score (nSPS) is 40.7. The van der Waals surface area contributed by atoms with E-state index in [4.69, 9.17) is 56.8 Å². The largest absolute Gasteiger partial charge is 0.507 e. The third-order valence-electron chi connectivity index (χ3n) is 17.1. The van der Waals surface area contributed by atoms with Crippen molar-refractivity contribution in [2.45, 2.75) is 250 Å². The molecule has 5 aliphatic heterocycles. The molecule has 6 aliphatic rings. The van der Waals surface area contributed by atoms with Gasteiger partial charge in [0.05, 0.1) is 71.5 Å². The SMILES string of the molecule is CO[C@H](C(=O)[C@@H](O)[C@@H](C)OC(C)=O)[C@@H]1Cc2cc3cc(O[C@H]4C[C@@H](O[C@@H]5C[C@@H](O)CC(C)O5)[C@@H](C)C(C)O4)c(C)c(O)c3c(O)c2C(=O)[C@H]1O[C@H]1C[C@@H](O[C@H]2C[C@@H](O[C@H]3C[C@@](C)(O)[C@@H](C)C(C)O3)[C@H](O)C(C)O2)[C@H](O)C(C)O1. The van der Waals surface area contributed by atoms with Gasteiger partial charge < -0.3 is 92.6 Å². The van der Waals surface area contributed by atoms with Crippen molar-refractivity contribution in [3.8, 4) is 17.2 Å². The quantitative estimate of drug-likeness (QED) is 0.117. The molecular weight excluding hydrogens is 1020 g/mol. The summed E-state index contributed by atoms with van der Waals surface area (Å²) in [5.74, 6) is -4.74. The fourth-order valence-corrected chi connectivity index (χ4v) is 12.0. The lowest BCUT2D eigenvalue weighted by molar-refractivity contribution is -0.331. The highest BCUT2D eigenvalue weighted by atomic mass is 16.7. The van der Waals surface area contributed by atoms with Crippen LogP contribution in [-0.4, -0.2) is 189 Å². The van der Waals surface area contributed by atoms with E-state index in [1.165, 1.54) is 14.0 Å². The molecule has 5 unspecified atom stereocenters. The van der Waals surface area contributed by atoms with E-state index in [1.54, 1.807) is 39.8 Å². The summed E-state index contributed by atoms with van der Waals surface area (Å²) in [6.07, 6.45) is -18.0. The Morgan fingerprint density at radius 2 is 1.29 bits per heavy atom.